The maximum Gasteiger partial charge on any atom is 0.0619 e. The minimum Gasteiger partial charge on any atom is -0.385 e. The molecule has 15 heavy (non-hydrogen) atoms. The summed E-state index contributed by atoms with van der Waals surface area (Å²) in [5.74, 6) is 0. The monoisotopic (exact) mass is 217 g/mol. The molecule has 90 valence electrons. The normalized spacial score (nSPS) is 18.2. The van der Waals surface area contributed by atoms with Crippen LogP contribution in [0.25, 0.3) is 0 Å². The Morgan fingerprint density at radius 1 is 1.20 bits per heavy atom. The molecule has 0 spiro atoms. The predicted molar refractivity (Wildman–Crippen MR) is 59.2 cm³/mol. The number of rotatable bonds is 8. The first-order chi connectivity index (χ1) is 7.43. The van der Waals surface area contributed by atoms with E-state index in [0.29, 0.717) is 6.10 Å². The van der Waals surface area contributed by atoms with E-state index in [4.69, 9.17) is 14.2 Å². The van der Waals surface area contributed by atoms with E-state index in [1.807, 2.05) is 0 Å². The molecule has 1 heterocycles. The van der Waals surface area contributed by atoms with Gasteiger partial charge in [-0.15, -0.1) is 0 Å². The van der Waals surface area contributed by atoms with Crippen LogP contribution in [0.15, 0.2) is 0 Å². The lowest BCUT2D eigenvalue weighted by Crippen LogP contribution is -2.28. The third-order valence-electron chi connectivity index (χ3n) is 2.50. The zero-order chi connectivity index (χ0) is 10.8. The highest BCUT2D eigenvalue weighted by molar-refractivity contribution is 4.62. The minimum absolute atomic E-state index is 0.416. The standard InChI is InChI=1S/C11H23NO3/c1-13-7-2-5-12-6-10-15-11-3-8-14-9-4-11/h11-12H,2-10H2,1H3. The molecule has 1 N–H and O–H groups in total. The van der Waals surface area contributed by atoms with Gasteiger partial charge < -0.3 is 19.5 Å². The van der Waals surface area contributed by atoms with Crippen molar-refractivity contribution in [3.05, 3.63) is 0 Å². The number of nitrogens with one attached hydrogen (secondary N) is 1. The third kappa shape index (κ3) is 6.84. The van der Waals surface area contributed by atoms with Crippen molar-refractivity contribution >= 4 is 0 Å². The Morgan fingerprint density at radius 2 is 2.00 bits per heavy atom. The smallest absolute Gasteiger partial charge is 0.0619 e. The summed E-state index contributed by atoms with van der Waals surface area (Å²) in [5, 5.41) is 3.32. The lowest BCUT2D eigenvalue weighted by Gasteiger charge is -2.22. The van der Waals surface area contributed by atoms with Crippen molar-refractivity contribution in [2.75, 3.05) is 46.6 Å². The summed E-state index contributed by atoms with van der Waals surface area (Å²) in [6, 6.07) is 0. The highest BCUT2D eigenvalue weighted by Gasteiger charge is 2.13. The van der Waals surface area contributed by atoms with Gasteiger partial charge in [0, 0.05) is 33.5 Å². The first kappa shape index (κ1) is 12.9. The van der Waals surface area contributed by atoms with Crippen LogP contribution in [0.2, 0.25) is 0 Å². The Morgan fingerprint density at radius 3 is 2.73 bits per heavy atom. The number of ether oxygens (including phenoxy) is 3. The van der Waals surface area contributed by atoms with Crippen molar-refractivity contribution in [3.63, 3.8) is 0 Å². The van der Waals surface area contributed by atoms with Gasteiger partial charge in [0.05, 0.1) is 12.7 Å². The number of methoxy groups -OCH3 is 1. The lowest BCUT2D eigenvalue weighted by molar-refractivity contribution is -0.0305. The van der Waals surface area contributed by atoms with E-state index in [-0.39, 0.29) is 0 Å². The summed E-state index contributed by atoms with van der Waals surface area (Å²) in [7, 11) is 1.73. The van der Waals surface area contributed by atoms with E-state index >= 15 is 0 Å². The molecule has 0 saturated carbocycles. The van der Waals surface area contributed by atoms with Gasteiger partial charge >= 0.3 is 0 Å². The van der Waals surface area contributed by atoms with Crippen molar-refractivity contribution in [2.24, 2.45) is 0 Å². The van der Waals surface area contributed by atoms with E-state index < -0.39 is 0 Å². The summed E-state index contributed by atoms with van der Waals surface area (Å²) in [6.07, 6.45) is 3.57. The molecule has 0 bridgehead atoms. The fraction of sp³-hybridized carbons (Fsp3) is 1.00. The Bertz CT molecular complexity index is 138. The zero-order valence-corrected chi connectivity index (χ0v) is 9.67. The molecule has 0 aromatic carbocycles. The summed E-state index contributed by atoms with van der Waals surface area (Å²) < 4.78 is 15.9. The van der Waals surface area contributed by atoms with Gasteiger partial charge in [0.1, 0.15) is 0 Å². The van der Waals surface area contributed by atoms with Gasteiger partial charge in [-0.2, -0.15) is 0 Å². The SMILES string of the molecule is COCCCNCCOC1CCOCC1. The predicted octanol–water partition coefficient (Wildman–Crippen LogP) is 0.808. The molecule has 0 aromatic rings. The summed E-state index contributed by atoms with van der Waals surface area (Å²) >= 11 is 0. The third-order valence-corrected chi connectivity index (χ3v) is 2.50. The Kier molecular flexibility index (Phi) is 7.83. The van der Waals surface area contributed by atoms with Crippen LogP contribution in [-0.2, 0) is 14.2 Å². The van der Waals surface area contributed by atoms with Crippen molar-refractivity contribution in [1.82, 2.24) is 5.32 Å². The van der Waals surface area contributed by atoms with Crippen molar-refractivity contribution in [3.8, 4) is 0 Å². The van der Waals surface area contributed by atoms with E-state index in [1.54, 1.807) is 7.11 Å². The van der Waals surface area contributed by atoms with Gasteiger partial charge in [-0.1, -0.05) is 0 Å². The van der Waals surface area contributed by atoms with E-state index in [0.717, 1.165) is 58.8 Å². The zero-order valence-electron chi connectivity index (χ0n) is 9.67. The minimum atomic E-state index is 0.416. The Labute approximate surface area is 92.3 Å². The number of hydrogen-bond donors (Lipinski definition) is 1. The average Bonchev–Trinajstić information content (AvgIpc) is 2.29. The van der Waals surface area contributed by atoms with Crippen LogP contribution in [0.3, 0.4) is 0 Å². The van der Waals surface area contributed by atoms with Crippen molar-refractivity contribution < 1.29 is 14.2 Å². The molecule has 0 aliphatic carbocycles. The van der Waals surface area contributed by atoms with Gasteiger partial charge in [-0.3, -0.25) is 0 Å². The van der Waals surface area contributed by atoms with Crippen LogP contribution in [-0.4, -0.2) is 52.7 Å². The molecule has 1 rings (SSSR count). The second-order valence-electron chi connectivity index (χ2n) is 3.78. The summed E-state index contributed by atoms with van der Waals surface area (Å²) in [4.78, 5) is 0. The van der Waals surface area contributed by atoms with Gasteiger partial charge in [-0.25, -0.2) is 0 Å². The summed E-state index contributed by atoms with van der Waals surface area (Å²) in [5.41, 5.74) is 0. The first-order valence-electron chi connectivity index (χ1n) is 5.82. The molecule has 0 atom stereocenters. The molecule has 4 nitrogen and oxygen atoms in total. The van der Waals surface area contributed by atoms with Crippen LogP contribution in [0.5, 0.6) is 0 Å². The van der Waals surface area contributed by atoms with Crippen molar-refractivity contribution in [2.45, 2.75) is 25.4 Å². The van der Waals surface area contributed by atoms with Gasteiger partial charge in [-0.05, 0) is 25.8 Å². The van der Waals surface area contributed by atoms with Crippen molar-refractivity contribution in [1.29, 1.82) is 0 Å². The topological polar surface area (TPSA) is 39.7 Å². The van der Waals surface area contributed by atoms with Gasteiger partial charge in [0.15, 0.2) is 0 Å². The summed E-state index contributed by atoms with van der Waals surface area (Å²) in [6.45, 7) is 5.27. The lowest BCUT2D eigenvalue weighted by atomic mass is 10.2. The van der Waals surface area contributed by atoms with E-state index in [9.17, 15) is 0 Å². The maximum atomic E-state index is 5.72. The van der Waals surface area contributed by atoms with E-state index in [2.05, 4.69) is 5.32 Å². The Hall–Kier alpha value is -0.160. The average molecular weight is 217 g/mol. The van der Waals surface area contributed by atoms with E-state index in [1.165, 1.54) is 0 Å². The molecule has 1 aliphatic heterocycles. The van der Waals surface area contributed by atoms with Gasteiger partial charge in [0.25, 0.3) is 0 Å². The fourth-order valence-electron chi connectivity index (χ4n) is 1.61. The van der Waals surface area contributed by atoms with Crippen LogP contribution in [0.1, 0.15) is 19.3 Å². The molecule has 1 aliphatic rings. The molecule has 0 aromatic heterocycles. The first-order valence-corrected chi connectivity index (χ1v) is 5.82. The Balaban J connectivity index is 1.79. The van der Waals surface area contributed by atoms with Crippen LogP contribution in [0.4, 0.5) is 0 Å². The fourth-order valence-corrected chi connectivity index (χ4v) is 1.61. The molecule has 1 fully saturated rings. The van der Waals surface area contributed by atoms with Gasteiger partial charge in [0.2, 0.25) is 0 Å². The molecule has 4 heteroatoms. The molecule has 1 saturated heterocycles. The van der Waals surface area contributed by atoms with Crippen LogP contribution in [0, 0.1) is 0 Å². The quantitative estimate of drug-likeness (QED) is 0.611. The second kappa shape index (κ2) is 9.09. The number of hydrogen-bond acceptors (Lipinski definition) is 4. The molecule has 0 unspecified atom stereocenters. The molecular weight excluding hydrogens is 194 g/mol. The maximum absolute atomic E-state index is 5.72. The highest BCUT2D eigenvalue weighted by atomic mass is 16.5. The highest BCUT2D eigenvalue weighted by Crippen LogP contribution is 2.09. The second-order valence-corrected chi connectivity index (χ2v) is 3.78. The largest absolute Gasteiger partial charge is 0.385 e. The molecule has 0 amide bonds. The van der Waals surface area contributed by atoms with Crippen LogP contribution >= 0.6 is 0 Å². The molecular formula is C11H23NO3. The molecule has 0 radical (unpaired) electrons. The van der Waals surface area contributed by atoms with Crippen LogP contribution < -0.4 is 5.32 Å².